The molecular formula is C13H22N2O2. The largest absolute Gasteiger partial charge is 0.379 e. The second-order valence-corrected chi connectivity index (χ2v) is 5.00. The molecule has 0 radical (unpaired) electrons. The van der Waals surface area contributed by atoms with Gasteiger partial charge in [0.2, 0.25) is 5.91 Å². The summed E-state index contributed by atoms with van der Waals surface area (Å²) in [4.78, 5) is 16.2. The number of morpholine rings is 1. The van der Waals surface area contributed by atoms with Gasteiger partial charge in [-0.2, -0.15) is 0 Å². The van der Waals surface area contributed by atoms with E-state index in [4.69, 9.17) is 4.74 Å². The molecule has 2 aliphatic rings. The summed E-state index contributed by atoms with van der Waals surface area (Å²) in [6.07, 6.45) is 2.54. The van der Waals surface area contributed by atoms with Gasteiger partial charge in [-0.25, -0.2) is 0 Å². The Morgan fingerprint density at radius 3 is 2.82 bits per heavy atom. The van der Waals surface area contributed by atoms with Crippen LogP contribution in [-0.2, 0) is 9.53 Å². The van der Waals surface area contributed by atoms with Gasteiger partial charge in [0.15, 0.2) is 0 Å². The molecule has 4 nitrogen and oxygen atoms in total. The Morgan fingerprint density at radius 1 is 1.53 bits per heavy atom. The van der Waals surface area contributed by atoms with E-state index in [1.165, 1.54) is 0 Å². The number of ether oxygens (including phenoxy) is 1. The summed E-state index contributed by atoms with van der Waals surface area (Å²) < 4.78 is 5.34. The zero-order valence-corrected chi connectivity index (χ0v) is 10.6. The Kier molecular flexibility index (Phi) is 4.18. The summed E-state index contributed by atoms with van der Waals surface area (Å²) in [7, 11) is 0. The molecule has 0 aliphatic carbocycles. The zero-order valence-electron chi connectivity index (χ0n) is 10.6. The number of hydrogen-bond acceptors (Lipinski definition) is 3. The number of rotatable bonds is 4. The highest BCUT2D eigenvalue weighted by atomic mass is 16.5. The predicted molar refractivity (Wildman–Crippen MR) is 66.7 cm³/mol. The smallest absolute Gasteiger partial charge is 0.223 e. The highest BCUT2D eigenvalue weighted by Gasteiger charge is 2.29. The number of amides is 1. The average Bonchev–Trinajstić information content (AvgIpc) is 2.71. The van der Waals surface area contributed by atoms with Crippen LogP contribution in [0.25, 0.3) is 0 Å². The van der Waals surface area contributed by atoms with Crippen LogP contribution < -0.4 is 0 Å². The first-order chi connectivity index (χ1) is 8.20. The fraction of sp³-hybridized carbons (Fsp3) is 0.769. The van der Waals surface area contributed by atoms with Crippen LogP contribution in [0, 0.1) is 5.92 Å². The van der Waals surface area contributed by atoms with Crippen LogP contribution in [0.3, 0.4) is 0 Å². The lowest BCUT2D eigenvalue weighted by Crippen LogP contribution is -2.47. The molecular weight excluding hydrogens is 216 g/mol. The van der Waals surface area contributed by atoms with Gasteiger partial charge in [-0.1, -0.05) is 6.08 Å². The Balaban J connectivity index is 1.83. The molecule has 2 unspecified atom stereocenters. The van der Waals surface area contributed by atoms with Gasteiger partial charge in [0.1, 0.15) is 0 Å². The number of hydrogen-bond donors (Lipinski definition) is 0. The third kappa shape index (κ3) is 3.07. The summed E-state index contributed by atoms with van der Waals surface area (Å²) in [5.41, 5.74) is 0. The molecule has 2 atom stereocenters. The van der Waals surface area contributed by atoms with Gasteiger partial charge in [0.05, 0.1) is 13.2 Å². The normalized spacial score (nSPS) is 28.4. The van der Waals surface area contributed by atoms with Gasteiger partial charge in [-0.15, -0.1) is 6.58 Å². The van der Waals surface area contributed by atoms with E-state index in [2.05, 4.69) is 18.4 Å². The second-order valence-electron chi connectivity index (χ2n) is 5.00. The van der Waals surface area contributed by atoms with Gasteiger partial charge in [-0.05, 0) is 6.92 Å². The van der Waals surface area contributed by atoms with Crippen molar-refractivity contribution in [2.75, 3.05) is 39.4 Å². The molecule has 2 rings (SSSR count). The van der Waals surface area contributed by atoms with Gasteiger partial charge in [0.25, 0.3) is 0 Å². The van der Waals surface area contributed by atoms with Crippen molar-refractivity contribution >= 4 is 5.91 Å². The lowest BCUT2D eigenvalue weighted by Gasteiger charge is -2.34. The quantitative estimate of drug-likeness (QED) is 0.677. The number of likely N-dealkylation sites (tertiary alicyclic amines) is 1. The summed E-state index contributed by atoms with van der Waals surface area (Å²) >= 11 is 0. The molecule has 2 saturated heterocycles. The maximum atomic E-state index is 11.8. The van der Waals surface area contributed by atoms with Crippen molar-refractivity contribution < 1.29 is 9.53 Å². The first kappa shape index (κ1) is 12.6. The van der Waals surface area contributed by atoms with E-state index < -0.39 is 0 Å². The molecule has 2 heterocycles. The van der Waals surface area contributed by atoms with Crippen molar-refractivity contribution in [3.8, 4) is 0 Å². The Bertz CT molecular complexity index is 287. The summed E-state index contributed by atoms with van der Waals surface area (Å²) in [6, 6.07) is 0.423. The van der Waals surface area contributed by atoms with E-state index in [0.717, 1.165) is 39.4 Å². The third-order valence-corrected chi connectivity index (χ3v) is 3.73. The molecule has 0 spiro atoms. The zero-order chi connectivity index (χ0) is 12.3. The molecule has 1 amide bonds. The minimum Gasteiger partial charge on any atom is -0.379 e. The molecule has 0 bridgehead atoms. The maximum absolute atomic E-state index is 11.8. The van der Waals surface area contributed by atoms with Crippen molar-refractivity contribution in [1.29, 1.82) is 0 Å². The van der Waals surface area contributed by atoms with Gasteiger partial charge >= 0.3 is 0 Å². The number of carbonyl (C=O) groups is 1. The standard InChI is InChI=1S/C13H22N2O2/c1-3-12-8-13(16)15(10-12)9-11(2)14-4-6-17-7-5-14/h3,11-12H,1,4-10H2,2H3. The van der Waals surface area contributed by atoms with Gasteiger partial charge < -0.3 is 9.64 Å². The van der Waals surface area contributed by atoms with Crippen LogP contribution >= 0.6 is 0 Å². The topological polar surface area (TPSA) is 32.8 Å². The van der Waals surface area contributed by atoms with Crippen LogP contribution in [0.4, 0.5) is 0 Å². The lowest BCUT2D eigenvalue weighted by atomic mass is 10.1. The molecule has 0 aromatic heterocycles. The molecule has 0 N–H and O–H groups in total. The Labute approximate surface area is 103 Å². The number of nitrogens with zero attached hydrogens (tertiary/aromatic N) is 2. The van der Waals surface area contributed by atoms with Crippen molar-refractivity contribution in [2.45, 2.75) is 19.4 Å². The molecule has 0 aromatic carbocycles. The minimum absolute atomic E-state index is 0.273. The van der Waals surface area contributed by atoms with Crippen molar-refractivity contribution in [3.63, 3.8) is 0 Å². The van der Waals surface area contributed by atoms with E-state index in [1.807, 2.05) is 11.0 Å². The van der Waals surface area contributed by atoms with Crippen molar-refractivity contribution in [1.82, 2.24) is 9.80 Å². The van der Waals surface area contributed by atoms with Gasteiger partial charge in [-0.3, -0.25) is 9.69 Å². The predicted octanol–water partition coefficient (Wildman–Crippen LogP) is 0.742. The molecule has 0 saturated carbocycles. The fourth-order valence-electron chi connectivity index (χ4n) is 2.59. The average molecular weight is 238 g/mol. The first-order valence-electron chi connectivity index (χ1n) is 6.43. The van der Waals surface area contributed by atoms with Crippen LogP contribution in [0.15, 0.2) is 12.7 Å². The summed E-state index contributed by atoms with van der Waals surface area (Å²) in [5, 5.41) is 0. The second kappa shape index (κ2) is 5.65. The molecule has 4 heteroatoms. The van der Waals surface area contributed by atoms with Crippen molar-refractivity contribution in [2.24, 2.45) is 5.92 Å². The van der Waals surface area contributed by atoms with Crippen molar-refractivity contribution in [3.05, 3.63) is 12.7 Å². The van der Waals surface area contributed by atoms with E-state index in [-0.39, 0.29) is 5.91 Å². The molecule has 2 aliphatic heterocycles. The molecule has 17 heavy (non-hydrogen) atoms. The highest BCUT2D eigenvalue weighted by molar-refractivity contribution is 5.79. The highest BCUT2D eigenvalue weighted by Crippen LogP contribution is 2.19. The van der Waals surface area contributed by atoms with Crippen LogP contribution in [-0.4, -0.2) is 61.1 Å². The Hall–Kier alpha value is -0.870. The molecule has 96 valence electrons. The lowest BCUT2D eigenvalue weighted by molar-refractivity contribution is -0.128. The molecule has 0 aromatic rings. The fourth-order valence-corrected chi connectivity index (χ4v) is 2.59. The molecule has 2 fully saturated rings. The van der Waals surface area contributed by atoms with E-state index in [0.29, 0.717) is 18.4 Å². The minimum atomic E-state index is 0.273. The van der Waals surface area contributed by atoms with E-state index in [9.17, 15) is 4.79 Å². The van der Waals surface area contributed by atoms with Crippen LogP contribution in [0.5, 0.6) is 0 Å². The summed E-state index contributed by atoms with van der Waals surface area (Å²) in [5.74, 6) is 0.620. The first-order valence-corrected chi connectivity index (χ1v) is 6.43. The summed E-state index contributed by atoms with van der Waals surface area (Å²) in [6.45, 7) is 11.2. The Morgan fingerprint density at radius 2 is 2.24 bits per heavy atom. The third-order valence-electron chi connectivity index (χ3n) is 3.73. The van der Waals surface area contributed by atoms with E-state index in [1.54, 1.807) is 0 Å². The van der Waals surface area contributed by atoms with E-state index >= 15 is 0 Å². The van der Waals surface area contributed by atoms with Crippen LogP contribution in [0.1, 0.15) is 13.3 Å². The SMILES string of the molecule is C=CC1CC(=O)N(CC(C)N2CCOCC2)C1. The number of carbonyl (C=O) groups excluding carboxylic acids is 1. The maximum Gasteiger partial charge on any atom is 0.223 e. The van der Waals surface area contributed by atoms with Crippen LogP contribution in [0.2, 0.25) is 0 Å². The van der Waals surface area contributed by atoms with Gasteiger partial charge in [0, 0.05) is 44.6 Å². The monoisotopic (exact) mass is 238 g/mol.